The molecular weight excluding hydrogens is 324 g/mol. The number of rotatable bonds is 5. The van der Waals surface area contributed by atoms with Gasteiger partial charge in [0.15, 0.2) is 5.78 Å². The van der Waals surface area contributed by atoms with E-state index in [0.717, 1.165) is 5.75 Å². The zero-order valence-corrected chi connectivity index (χ0v) is 14.2. The van der Waals surface area contributed by atoms with E-state index in [2.05, 4.69) is 12.1 Å². The second-order valence-electron chi connectivity index (χ2n) is 5.45. The Balaban J connectivity index is 1.63. The number of Topliss-reactive ketones (excluding diaryl/α,β-unsaturated/α-hetero) is 1. The first-order chi connectivity index (χ1) is 11.2. The van der Waals surface area contributed by atoms with Crippen LogP contribution < -0.4 is 0 Å². The summed E-state index contributed by atoms with van der Waals surface area (Å²) in [6.45, 7) is 0. The third-order valence-electron chi connectivity index (χ3n) is 3.73. The van der Waals surface area contributed by atoms with Crippen molar-refractivity contribution >= 4 is 29.1 Å². The normalized spacial score (nSPS) is 20.1. The van der Waals surface area contributed by atoms with E-state index in [1.54, 1.807) is 11.8 Å². The minimum absolute atomic E-state index is 0.0497. The van der Waals surface area contributed by atoms with Crippen molar-refractivity contribution in [3.63, 3.8) is 0 Å². The molecular formula is C20H17ClOS. The van der Waals surface area contributed by atoms with Gasteiger partial charge in [-0.3, -0.25) is 4.79 Å². The van der Waals surface area contributed by atoms with Crippen molar-refractivity contribution in [3.05, 3.63) is 95.6 Å². The van der Waals surface area contributed by atoms with Crippen LogP contribution >= 0.6 is 23.4 Å². The lowest BCUT2D eigenvalue weighted by Gasteiger charge is -2.24. The molecule has 116 valence electrons. The molecule has 3 heteroatoms. The van der Waals surface area contributed by atoms with Crippen LogP contribution in [0.15, 0.2) is 84.5 Å². The summed E-state index contributed by atoms with van der Waals surface area (Å²) in [5, 5.41) is 0. The third kappa shape index (κ3) is 4.15. The zero-order valence-electron chi connectivity index (χ0n) is 12.6. The maximum Gasteiger partial charge on any atom is 0.192 e. The van der Waals surface area contributed by atoms with E-state index in [-0.39, 0.29) is 5.78 Å². The molecule has 0 amide bonds. The van der Waals surface area contributed by atoms with Gasteiger partial charge in [-0.2, -0.15) is 0 Å². The molecule has 0 radical (unpaired) electrons. The number of halogens is 1. The van der Waals surface area contributed by atoms with Crippen LogP contribution in [0.3, 0.4) is 0 Å². The zero-order chi connectivity index (χ0) is 16.1. The van der Waals surface area contributed by atoms with E-state index in [9.17, 15) is 4.79 Å². The highest BCUT2D eigenvalue weighted by molar-refractivity contribution is 8.01. The summed E-state index contributed by atoms with van der Waals surface area (Å²) in [6.07, 6.45) is 6.39. The second kappa shape index (κ2) is 7.20. The van der Waals surface area contributed by atoms with Gasteiger partial charge in [0, 0.05) is 16.9 Å². The van der Waals surface area contributed by atoms with Gasteiger partial charge in [0.25, 0.3) is 0 Å². The Bertz CT molecular complexity index is 737. The molecule has 1 aliphatic carbocycles. The average Bonchev–Trinajstić information content (AvgIpc) is 2.62. The van der Waals surface area contributed by atoms with Crippen molar-refractivity contribution < 1.29 is 4.79 Å². The van der Waals surface area contributed by atoms with Crippen LogP contribution in [0, 0.1) is 0 Å². The Morgan fingerprint density at radius 3 is 2.30 bits per heavy atom. The van der Waals surface area contributed by atoms with Crippen molar-refractivity contribution in [1.82, 2.24) is 0 Å². The molecule has 0 saturated heterocycles. The van der Waals surface area contributed by atoms with Crippen molar-refractivity contribution in [2.24, 2.45) is 0 Å². The molecule has 0 heterocycles. The second-order valence-corrected chi connectivity index (χ2v) is 7.66. The third-order valence-corrected chi connectivity index (χ3v) is 5.60. The Labute approximate surface area is 146 Å². The lowest BCUT2D eigenvalue weighted by Crippen LogP contribution is -2.17. The molecule has 3 rings (SSSR count). The van der Waals surface area contributed by atoms with Crippen LogP contribution in [0.25, 0.3) is 0 Å². The number of thioether (sulfide) groups is 1. The van der Waals surface area contributed by atoms with E-state index in [0.29, 0.717) is 17.6 Å². The number of benzene rings is 2. The molecule has 23 heavy (non-hydrogen) atoms. The number of alkyl halides is 1. The maximum atomic E-state index is 12.4. The number of hydrogen-bond acceptors (Lipinski definition) is 2. The predicted octanol–water partition coefficient (Wildman–Crippen LogP) is 5.62. The van der Waals surface area contributed by atoms with E-state index >= 15 is 0 Å². The standard InChI is InChI=1S/C20H17ClOS/c21-20(23-15-16-7-3-1-4-8-16)13-11-18(12-14-20)19(22)17-9-5-2-6-10-17/h1-13H,14-15H2. The molecule has 0 saturated carbocycles. The number of allylic oxidation sites excluding steroid dienone is 3. The van der Waals surface area contributed by atoms with Crippen molar-refractivity contribution in [1.29, 1.82) is 0 Å². The highest BCUT2D eigenvalue weighted by Gasteiger charge is 2.27. The molecule has 0 bridgehead atoms. The van der Waals surface area contributed by atoms with E-state index in [1.807, 2.05) is 66.8 Å². The van der Waals surface area contributed by atoms with Crippen LogP contribution in [-0.4, -0.2) is 9.99 Å². The number of hydrogen-bond donors (Lipinski definition) is 0. The summed E-state index contributed by atoms with van der Waals surface area (Å²) in [4.78, 5) is 12.4. The van der Waals surface area contributed by atoms with Gasteiger partial charge in [-0.1, -0.05) is 78.9 Å². The predicted molar refractivity (Wildman–Crippen MR) is 98.9 cm³/mol. The van der Waals surface area contributed by atoms with Gasteiger partial charge in [0.1, 0.15) is 4.21 Å². The quantitative estimate of drug-likeness (QED) is 0.518. The molecule has 1 nitrogen and oxygen atoms in total. The molecule has 0 N–H and O–H groups in total. The number of ketones is 1. The summed E-state index contributed by atoms with van der Waals surface area (Å²) in [6, 6.07) is 19.6. The molecule has 2 aromatic rings. The van der Waals surface area contributed by atoms with Crippen LogP contribution in [-0.2, 0) is 5.75 Å². The largest absolute Gasteiger partial charge is 0.289 e. The lowest BCUT2D eigenvalue weighted by atomic mass is 9.98. The summed E-state index contributed by atoms with van der Waals surface area (Å²) in [5.41, 5.74) is 2.68. The monoisotopic (exact) mass is 340 g/mol. The van der Waals surface area contributed by atoms with Gasteiger partial charge in [0.2, 0.25) is 0 Å². The Morgan fingerprint density at radius 2 is 1.70 bits per heavy atom. The fourth-order valence-electron chi connectivity index (χ4n) is 2.41. The Kier molecular flexibility index (Phi) is 5.04. The van der Waals surface area contributed by atoms with Gasteiger partial charge in [0.05, 0.1) is 0 Å². The van der Waals surface area contributed by atoms with Gasteiger partial charge in [-0.05, 0) is 12.0 Å². The topological polar surface area (TPSA) is 17.1 Å². The first-order valence-electron chi connectivity index (χ1n) is 7.52. The summed E-state index contributed by atoms with van der Waals surface area (Å²) >= 11 is 8.35. The smallest absolute Gasteiger partial charge is 0.192 e. The summed E-state index contributed by atoms with van der Waals surface area (Å²) in [5.74, 6) is 0.901. The molecule has 2 aromatic carbocycles. The van der Waals surface area contributed by atoms with E-state index in [4.69, 9.17) is 11.6 Å². The molecule has 1 unspecified atom stereocenters. The number of carbonyl (C=O) groups is 1. The molecule has 1 atom stereocenters. The van der Waals surface area contributed by atoms with Crippen LogP contribution in [0.5, 0.6) is 0 Å². The first kappa shape index (κ1) is 16.1. The van der Waals surface area contributed by atoms with Crippen LogP contribution in [0.2, 0.25) is 0 Å². The molecule has 1 aliphatic rings. The van der Waals surface area contributed by atoms with E-state index in [1.165, 1.54) is 5.56 Å². The summed E-state index contributed by atoms with van der Waals surface area (Å²) < 4.78 is -0.476. The average molecular weight is 341 g/mol. The van der Waals surface area contributed by atoms with E-state index < -0.39 is 4.21 Å². The van der Waals surface area contributed by atoms with Crippen molar-refractivity contribution in [2.45, 2.75) is 16.4 Å². The van der Waals surface area contributed by atoms with Crippen molar-refractivity contribution in [3.8, 4) is 0 Å². The fourth-order valence-corrected chi connectivity index (χ4v) is 3.68. The fraction of sp³-hybridized carbons (Fsp3) is 0.150. The van der Waals surface area contributed by atoms with Crippen LogP contribution in [0.1, 0.15) is 22.3 Å². The maximum absolute atomic E-state index is 12.4. The van der Waals surface area contributed by atoms with Gasteiger partial charge in [-0.15, -0.1) is 23.4 Å². The number of carbonyl (C=O) groups excluding carboxylic acids is 1. The highest BCUT2D eigenvalue weighted by Crippen LogP contribution is 2.40. The molecule has 0 aliphatic heterocycles. The van der Waals surface area contributed by atoms with Crippen molar-refractivity contribution in [2.75, 3.05) is 0 Å². The Morgan fingerprint density at radius 1 is 1.04 bits per heavy atom. The molecule has 0 spiro atoms. The van der Waals surface area contributed by atoms with Gasteiger partial charge < -0.3 is 0 Å². The highest BCUT2D eigenvalue weighted by atomic mass is 35.5. The minimum atomic E-state index is -0.476. The molecule has 0 aromatic heterocycles. The summed E-state index contributed by atoms with van der Waals surface area (Å²) in [7, 11) is 0. The van der Waals surface area contributed by atoms with Crippen LogP contribution in [0.4, 0.5) is 0 Å². The lowest BCUT2D eigenvalue weighted by molar-refractivity contribution is 0.103. The first-order valence-corrected chi connectivity index (χ1v) is 8.89. The SMILES string of the molecule is O=C(C1=CCC(Cl)(SCc2ccccc2)C=C1)c1ccccc1. The Hall–Kier alpha value is -1.77. The molecule has 0 fully saturated rings. The van der Waals surface area contributed by atoms with Gasteiger partial charge >= 0.3 is 0 Å². The minimum Gasteiger partial charge on any atom is -0.289 e. The van der Waals surface area contributed by atoms with Gasteiger partial charge in [-0.25, -0.2) is 0 Å².